The molecule has 0 aliphatic carbocycles. The highest BCUT2D eigenvalue weighted by molar-refractivity contribution is 8.15. The maximum absolute atomic E-state index is 14.2. The third-order valence-corrected chi connectivity index (χ3v) is 6.22. The number of carbonyl (C=O) groups is 1. The molecule has 2 heterocycles. The first-order valence-corrected chi connectivity index (χ1v) is 12.1. The van der Waals surface area contributed by atoms with E-state index in [1.807, 2.05) is 20.8 Å². The van der Waals surface area contributed by atoms with Crippen molar-refractivity contribution in [2.24, 2.45) is 10.8 Å². The minimum atomic E-state index is -0.730. The van der Waals surface area contributed by atoms with Crippen molar-refractivity contribution in [3.63, 3.8) is 0 Å². The van der Waals surface area contributed by atoms with E-state index in [9.17, 15) is 18.0 Å². The zero-order chi connectivity index (χ0) is 27.9. The highest BCUT2D eigenvalue weighted by Gasteiger charge is 2.47. The molecule has 36 heavy (non-hydrogen) atoms. The zero-order valence-corrected chi connectivity index (χ0v) is 22.8. The summed E-state index contributed by atoms with van der Waals surface area (Å²) in [7, 11) is 4.71. The maximum Gasteiger partial charge on any atom is 0.233 e. The van der Waals surface area contributed by atoms with Gasteiger partial charge in [0, 0.05) is 31.7 Å². The topological polar surface area (TPSA) is 80.4 Å². The number of amides is 1. The molecule has 0 saturated heterocycles. The number of nitrogens with two attached hydrogens (primary N) is 1. The van der Waals surface area contributed by atoms with Gasteiger partial charge in [0.2, 0.25) is 6.41 Å². The van der Waals surface area contributed by atoms with Crippen LogP contribution in [0.3, 0.4) is 0 Å². The van der Waals surface area contributed by atoms with Gasteiger partial charge in [-0.15, -0.1) is 0 Å². The number of rotatable bonds is 5. The Bertz CT molecular complexity index is 956. The fraction of sp³-hybridized carbons (Fsp3) is 0.440. The summed E-state index contributed by atoms with van der Waals surface area (Å²) in [4.78, 5) is 13.2. The summed E-state index contributed by atoms with van der Waals surface area (Å²) in [6.07, 6.45) is 3.13. The summed E-state index contributed by atoms with van der Waals surface area (Å²) in [5.41, 5.74) is 5.81. The van der Waals surface area contributed by atoms with Crippen molar-refractivity contribution in [2.75, 3.05) is 34.4 Å². The van der Waals surface area contributed by atoms with Gasteiger partial charge in [-0.1, -0.05) is 39.1 Å². The van der Waals surface area contributed by atoms with E-state index in [0.717, 1.165) is 23.8 Å². The van der Waals surface area contributed by atoms with Crippen molar-refractivity contribution < 1.29 is 27.5 Å². The molecular weight excluding hydrogens is 493 g/mol. The van der Waals surface area contributed by atoms with Crippen LogP contribution in [0.15, 0.2) is 59.3 Å². The second kappa shape index (κ2) is 16.8. The van der Waals surface area contributed by atoms with E-state index in [0.29, 0.717) is 35.8 Å². The first-order chi connectivity index (χ1) is 17.1. The lowest BCUT2D eigenvalue weighted by Gasteiger charge is -2.39. The van der Waals surface area contributed by atoms with Crippen molar-refractivity contribution in [3.8, 4) is 5.75 Å². The Labute approximate surface area is 216 Å². The predicted octanol–water partition coefficient (Wildman–Crippen LogP) is 5.66. The number of hydrogen-bond donors (Lipinski definition) is 1. The van der Waals surface area contributed by atoms with Crippen LogP contribution in [0.2, 0.25) is 0 Å². The van der Waals surface area contributed by atoms with Gasteiger partial charge in [0.15, 0.2) is 0 Å². The molecule has 202 valence electrons. The third kappa shape index (κ3) is 9.36. The van der Waals surface area contributed by atoms with Crippen LogP contribution < -0.4 is 10.5 Å². The normalized spacial score (nSPS) is 18.2. The van der Waals surface area contributed by atoms with Crippen molar-refractivity contribution in [3.05, 3.63) is 65.5 Å². The van der Waals surface area contributed by atoms with Crippen LogP contribution in [0.5, 0.6) is 5.75 Å². The SMILES string of the molecule is C=C(F)/C=C\C(F)=C(/C)C1=NN(C)C2(CCOc3ccc(F)cc32)S1.CC.CCN.CON(C)C=O. The number of hydrogen-bond acceptors (Lipinski definition) is 7. The van der Waals surface area contributed by atoms with Gasteiger partial charge in [-0.3, -0.25) is 14.6 Å². The van der Waals surface area contributed by atoms with Gasteiger partial charge in [0.25, 0.3) is 0 Å². The molecule has 0 radical (unpaired) electrons. The van der Waals surface area contributed by atoms with Crippen LogP contribution in [0.25, 0.3) is 0 Å². The first kappa shape index (κ1) is 33.2. The molecule has 3 rings (SSSR count). The van der Waals surface area contributed by atoms with Crippen molar-refractivity contribution in [1.29, 1.82) is 0 Å². The fourth-order valence-electron chi connectivity index (χ4n) is 2.86. The molecule has 0 bridgehead atoms. The number of benzene rings is 1. The Morgan fingerprint density at radius 1 is 1.39 bits per heavy atom. The Hall–Kier alpha value is -2.76. The van der Waals surface area contributed by atoms with E-state index in [1.165, 1.54) is 38.1 Å². The summed E-state index contributed by atoms with van der Waals surface area (Å²) in [6.45, 7) is 11.7. The van der Waals surface area contributed by atoms with Crippen LogP contribution >= 0.6 is 11.8 Å². The number of nitrogens with zero attached hydrogens (tertiary/aromatic N) is 3. The molecule has 1 aromatic carbocycles. The molecule has 2 N–H and O–H groups in total. The molecule has 2 aliphatic rings. The molecule has 0 fully saturated rings. The van der Waals surface area contributed by atoms with E-state index in [4.69, 9.17) is 10.5 Å². The van der Waals surface area contributed by atoms with Crippen molar-refractivity contribution in [1.82, 2.24) is 10.1 Å². The molecule has 2 aliphatic heterocycles. The predicted molar refractivity (Wildman–Crippen MR) is 141 cm³/mol. The van der Waals surface area contributed by atoms with Gasteiger partial charge in [-0.25, -0.2) is 18.2 Å². The van der Waals surface area contributed by atoms with Gasteiger partial charge in [0.1, 0.15) is 33.1 Å². The van der Waals surface area contributed by atoms with Crippen LogP contribution in [0.1, 0.15) is 39.7 Å². The van der Waals surface area contributed by atoms with E-state index in [-0.39, 0.29) is 11.4 Å². The average molecular weight is 531 g/mol. The summed E-state index contributed by atoms with van der Waals surface area (Å²) in [5.74, 6) is -1.10. The quantitative estimate of drug-likeness (QED) is 0.301. The van der Waals surface area contributed by atoms with Gasteiger partial charge in [0.05, 0.1) is 13.7 Å². The van der Waals surface area contributed by atoms with Crippen molar-refractivity contribution in [2.45, 2.75) is 39.0 Å². The lowest BCUT2D eigenvalue weighted by Crippen LogP contribution is -2.39. The highest BCUT2D eigenvalue weighted by Crippen LogP contribution is 2.53. The minimum absolute atomic E-state index is 0.288. The summed E-state index contributed by atoms with van der Waals surface area (Å²) in [6, 6.07) is 4.37. The number of fused-ring (bicyclic) bond motifs is 2. The Kier molecular flexibility index (Phi) is 15.5. The number of hydrazone groups is 1. The lowest BCUT2D eigenvalue weighted by atomic mass is 9.99. The molecule has 7 nitrogen and oxygen atoms in total. The van der Waals surface area contributed by atoms with E-state index >= 15 is 0 Å². The lowest BCUT2D eigenvalue weighted by molar-refractivity contribution is -0.153. The standard InChI is InChI=1S/C18H17F3N2OS.C3H7NO2.C2H7N.C2H6/c1-11(19)4-6-15(21)12(2)17-22-23(3)18(25-17)8-9-24-16-7-5-13(20)10-14(16)18;1-4(3-5)6-2;1-2-3;1-2/h4-7,10H,1,8-9H2,2-3H3;3H,1-2H3;2-3H2,1H3;1-2H3/b6-4-,15-12-;;;. The Morgan fingerprint density at radius 2 is 2.00 bits per heavy atom. The highest BCUT2D eigenvalue weighted by atomic mass is 32.2. The number of allylic oxidation sites excluding steroid dienone is 4. The fourth-order valence-corrected chi connectivity index (χ4v) is 4.22. The minimum Gasteiger partial charge on any atom is -0.493 e. The Balaban J connectivity index is 0.000000949. The van der Waals surface area contributed by atoms with E-state index < -0.39 is 16.5 Å². The average Bonchev–Trinajstić information content (AvgIpc) is 3.20. The van der Waals surface area contributed by atoms with E-state index in [2.05, 4.69) is 16.5 Å². The zero-order valence-electron chi connectivity index (χ0n) is 22.0. The van der Waals surface area contributed by atoms with Crippen LogP contribution in [0, 0.1) is 5.82 Å². The Morgan fingerprint density at radius 3 is 2.50 bits per heavy atom. The molecule has 11 heteroatoms. The second-order valence-electron chi connectivity index (χ2n) is 7.05. The number of carbonyl (C=O) groups excluding carboxylic acids is 1. The largest absolute Gasteiger partial charge is 0.493 e. The second-order valence-corrected chi connectivity index (χ2v) is 8.32. The number of ether oxygens (including phenoxy) is 1. The number of halogens is 3. The van der Waals surface area contributed by atoms with Gasteiger partial charge >= 0.3 is 0 Å². The molecule has 1 atom stereocenters. The van der Waals surface area contributed by atoms with E-state index in [1.54, 1.807) is 25.0 Å². The van der Waals surface area contributed by atoms with Gasteiger partial charge < -0.3 is 10.5 Å². The molecule has 1 spiro atoms. The van der Waals surface area contributed by atoms with Crippen molar-refractivity contribution >= 4 is 23.2 Å². The van der Waals surface area contributed by atoms with Crippen LogP contribution in [0.4, 0.5) is 13.2 Å². The molecule has 1 unspecified atom stereocenters. The molecular formula is C25H37F3N4O3S. The molecule has 0 aromatic heterocycles. The maximum atomic E-state index is 14.2. The molecule has 1 amide bonds. The van der Waals surface area contributed by atoms with Gasteiger partial charge in [-0.05, 0) is 43.8 Å². The summed E-state index contributed by atoms with van der Waals surface area (Å²) in [5, 5.41) is 7.67. The number of hydroxylamine groups is 2. The molecule has 0 saturated carbocycles. The first-order valence-electron chi connectivity index (χ1n) is 11.3. The van der Waals surface area contributed by atoms with Crippen LogP contribution in [-0.4, -0.2) is 55.9 Å². The monoisotopic (exact) mass is 530 g/mol. The summed E-state index contributed by atoms with van der Waals surface area (Å²) >= 11 is 1.35. The third-order valence-electron chi connectivity index (χ3n) is 4.62. The smallest absolute Gasteiger partial charge is 0.233 e. The summed E-state index contributed by atoms with van der Waals surface area (Å²) < 4.78 is 46.3. The number of thioether (sulfide) groups is 1. The van der Waals surface area contributed by atoms with Crippen LogP contribution in [-0.2, 0) is 14.5 Å². The molecule has 1 aromatic rings. The van der Waals surface area contributed by atoms with Gasteiger partial charge in [-0.2, -0.15) is 5.10 Å².